The molecular weight excluding hydrogens is 760 g/mol. The highest BCUT2D eigenvalue weighted by molar-refractivity contribution is 7.20. The van der Waals surface area contributed by atoms with Crippen LogP contribution < -0.4 is 25.4 Å². The number of benzene rings is 1. The smallest absolute Gasteiger partial charge is 0.408 e. The number of rotatable bonds is 13. The Morgan fingerprint density at radius 2 is 1.80 bits per heavy atom. The van der Waals surface area contributed by atoms with E-state index in [-0.39, 0.29) is 31.0 Å². The highest BCUT2D eigenvalue weighted by Crippen LogP contribution is 2.52. The van der Waals surface area contributed by atoms with E-state index in [2.05, 4.69) is 16.0 Å². The van der Waals surface area contributed by atoms with Crippen LogP contribution in [0.4, 0.5) is 9.93 Å². The molecule has 3 saturated carbocycles. The van der Waals surface area contributed by atoms with Gasteiger partial charge in [-0.05, 0) is 74.8 Å². The number of pyridine rings is 1. The van der Waals surface area contributed by atoms with Crippen LogP contribution >= 0.6 is 22.9 Å². The summed E-state index contributed by atoms with van der Waals surface area (Å²) in [6.07, 6.45) is 2.19. The molecule has 0 spiro atoms. The lowest BCUT2D eigenvalue weighted by Crippen LogP contribution is -2.59. The van der Waals surface area contributed by atoms with Crippen molar-refractivity contribution in [2.24, 2.45) is 23.2 Å². The molecule has 4 N–H and O–H groups in total. The third kappa shape index (κ3) is 8.07. The molecule has 3 heterocycles. The number of hydrogen-bond donors (Lipinski definition) is 4. The van der Waals surface area contributed by atoms with Gasteiger partial charge in [0.2, 0.25) is 11.8 Å². The number of fused-ring (bicyclic) bond motifs is 2. The van der Waals surface area contributed by atoms with Gasteiger partial charge in [0.1, 0.15) is 51.4 Å². The van der Waals surface area contributed by atoms with E-state index in [9.17, 15) is 24.3 Å². The highest BCUT2D eigenvalue weighted by Gasteiger charge is 2.61. The molecule has 2 unspecified atom stereocenters. The highest BCUT2D eigenvalue weighted by atomic mass is 35.5. The number of carboxylic acid groups (broad SMARTS) is 1. The quantitative estimate of drug-likeness (QED) is 0.148. The summed E-state index contributed by atoms with van der Waals surface area (Å²) in [6, 6.07) is 5.12. The van der Waals surface area contributed by atoms with Crippen LogP contribution in [0.2, 0.25) is 4.34 Å². The summed E-state index contributed by atoms with van der Waals surface area (Å²) < 4.78 is 18.4. The Hall–Kier alpha value is -4.37. The van der Waals surface area contributed by atoms with Crippen molar-refractivity contribution in [1.29, 1.82) is 0 Å². The van der Waals surface area contributed by atoms with E-state index in [1.165, 1.54) is 22.7 Å². The van der Waals surface area contributed by atoms with E-state index in [4.69, 9.17) is 35.8 Å². The third-order valence-electron chi connectivity index (χ3n) is 11.5. The van der Waals surface area contributed by atoms with Crippen LogP contribution in [-0.4, -0.2) is 93.4 Å². The number of methoxy groups -OCH3 is 1. The number of nitrogens with one attached hydrogen (secondary N) is 3. The number of alkyl carbamates (subject to hydrolysis) is 1. The summed E-state index contributed by atoms with van der Waals surface area (Å²) >= 11 is 8.00. The molecule has 16 heteroatoms. The first-order chi connectivity index (χ1) is 26.5. The molecule has 4 aliphatic rings. The van der Waals surface area contributed by atoms with Crippen LogP contribution in [0.15, 0.2) is 24.3 Å². The predicted molar refractivity (Wildman–Crippen MR) is 212 cm³/mol. The number of carboxylic acids is 1. The molecule has 3 amide bonds. The minimum Gasteiger partial charge on any atom is -0.497 e. The first-order valence-corrected chi connectivity index (χ1v) is 20.6. The molecule has 4 fully saturated rings. The third-order valence-corrected chi connectivity index (χ3v) is 12.7. The van der Waals surface area contributed by atoms with Crippen LogP contribution in [0.5, 0.6) is 11.5 Å². The molecule has 1 aromatic carbocycles. The van der Waals surface area contributed by atoms with Crippen molar-refractivity contribution in [2.45, 2.75) is 116 Å². The monoisotopic (exact) mass is 810 g/mol. The Bertz CT molecular complexity index is 2030. The standard InChI is InChI=1S/C40H51ClN6O8S/c1-8-22-17-40(22,36(50)51)46-34(48)29-15-25(18-47(29)35(49)32(39(4,5)6)45-38(52)55-24-12-20-11-21(20)13-24)54-30-16-28(31-33(41)56-37(44-31)42-19(2)3)43-27-14-23(53-7)9-10-26(27)30/h9-10,14,16,19-22,24-25,29,32H,8,11-13,15,17-18H2,1-7H3,(H,42,44)(H,45,52)(H,46,48)(H,50,51)/t20-,21+,22-,24?,25-,29+,32?,40-/m1/s1. The molecule has 8 atom stereocenters. The molecule has 3 aromatic rings. The van der Waals surface area contributed by atoms with E-state index < -0.39 is 53.0 Å². The molecule has 1 saturated heterocycles. The minimum atomic E-state index is -1.40. The number of thiazole rings is 1. The second-order valence-electron chi connectivity index (χ2n) is 17.1. The lowest BCUT2D eigenvalue weighted by atomic mass is 9.85. The number of nitrogens with zero attached hydrogens (tertiary/aromatic N) is 3. The molecule has 14 nitrogen and oxygen atoms in total. The Kier molecular flexibility index (Phi) is 10.8. The van der Waals surface area contributed by atoms with Gasteiger partial charge in [-0.2, -0.15) is 0 Å². The van der Waals surface area contributed by atoms with Gasteiger partial charge in [0.15, 0.2) is 5.13 Å². The summed E-state index contributed by atoms with van der Waals surface area (Å²) in [5, 5.41) is 20.4. The van der Waals surface area contributed by atoms with E-state index in [1.807, 2.05) is 47.6 Å². The van der Waals surface area contributed by atoms with Crippen molar-refractivity contribution in [3.63, 3.8) is 0 Å². The number of aliphatic carboxylic acids is 1. The average molecular weight is 811 g/mol. The predicted octanol–water partition coefficient (Wildman–Crippen LogP) is 6.50. The van der Waals surface area contributed by atoms with Crippen molar-refractivity contribution in [2.75, 3.05) is 19.0 Å². The summed E-state index contributed by atoms with van der Waals surface area (Å²) in [5.74, 6) is -0.205. The van der Waals surface area contributed by atoms with Crippen LogP contribution in [0, 0.1) is 23.2 Å². The lowest BCUT2D eigenvalue weighted by molar-refractivity contribution is -0.146. The van der Waals surface area contributed by atoms with E-state index in [0.717, 1.165) is 12.8 Å². The maximum atomic E-state index is 14.7. The van der Waals surface area contributed by atoms with Crippen LogP contribution in [0.25, 0.3) is 22.3 Å². The Morgan fingerprint density at radius 1 is 1.07 bits per heavy atom. The van der Waals surface area contributed by atoms with Gasteiger partial charge in [0.25, 0.3) is 0 Å². The lowest BCUT2D eigenvalue weighted by Gasteiger charge is -2.35. The zero-order valence-electron chi connectivity index (χ0n) is 32.8. The van der Waals surface area contributed by atoms with Gasteiger partial charge in [-0.3, -0.25) is 9.59 Å². The second-order valence-corrected chi connectivity index (χ2v) is 18.7. The number of carbonyl (C=O) groups is 4. The number of halogens is 1. The summed E-state index contributed by atoms with van der Waals surface area (Å²) in [4.78, 5) is 65.5. The number of anilines is 1. The first kappa shape index (κ1) is 39.8. The van der Waals surface area contributed by atoms with E-state index in [0.29, 0.717) is 67.9 Å². The minimum absolute atomic E-state index is 0.0152. The number of ether oxygens (including phenoxy) is 3. The molecule has 7 rings (SSSR count). The van der Waals surface area contributed by atoms with E-state index in [1.54, 1.807) is 25.3 Å². The number of hydrogen-bond acceptors (Lipinski definition) is 11. The normalized spacial score (nSPS) is 27.1. The number of likely N-dealkylation sites (tertiary alicyclic amines) is 1. The van der Waals surface area contributed by atoms with Crippen LogP contribution in [0.1, 0.15) is 80.1 Å². The summed E-state index contributed by atoms with van der Waals surface area (Å²) in [6.45, 7) is 11.4. The number of aromatic nitrogens is 2. The molecule has 302 valence electrons. The van der Waals surface area contributed by atoms with Crippen molar-refractivity contribution in [1.82, 2.24) is 25.5 Å². The van der Waals surface area contributed by atoms with Crippen LogP contribution in [0.3, 0.4) is 0 Å². The van der Waals surface area contributed by atoms with Gasteiger partial charge < -0.3 is 40.2 Å². The van der Waals surface area contributed by atoms with Crippen molar-refractivity contribution < 1.29 is 38.5 Å². The number of amides is 3. The van der Waals surface area contributed by atoms with Gasteiger partial charge in [-0.1, -0.05) is 57.1 Å². The zero-order valence-corrected chi connectivity index (χ0v) is 34.4. The van der Waals surface area contributed by atoms with Gasteiger partial charge in [-0.15, -0.1) is 0 Å². The summed E-state index contributed by atoms with van der Waals surface area (Å²) in [5.41, 5.74) is -0.706. The van der Waals surface area contributed by atoms with Gasteiger partial charge in [-0.25, -0.2) is 19.6 Å². The first-order valence-electron chi connectivity index (χ1n) is 19.4. The number of carbonyl (C=O) groups excluding carboxylic acids is 3. The SMILES string of the molecule is CC[C@@H]1C[C@]1(NC(=O)[C@@H]1C[C@@H](Oc2cc(-c3nc(NC(C)C)sc3Cl)nc3cc(OC)ccc23)CN1C(=O)C(NC(=O)OC1C[C@@H]2C[C@@H]2C1)C(C)(C)C)C(=O)O. The van der Waals surface area contributed by atoms with E-state index >= 15 is 0 Å². The fraction of sp³-hybridized carbons (Fsp3) is 0.600. The average Bonchev–Trinajstić information content (AvgIpc) is 3.86. The zero-order chi connectivity index (χ0) is 40.3. The van der Waals surface area contributed by atoms with Gasteiger partial charge >= 0.3 is 12.1 Å². The molecule has 56 heavy (non-hydrogen) atoms. The molecule has 0 bridgehead atoms. The fourth-order valence-corrected chi connectivity index (χ4v) is 9.52. The second kappa shape index (κ2) is 15.2. The van der Waals surface area contributed by atoms with Gasteiger partial charge in [0.05, 0.1) is 24.9 Å². The largest absolute Gasteiger partial charge is 0.497 e. The van der Waals surface area contributed by atoms with Crippen molar-refractivity contribution in [3.05, 3.63) is 28.6 Å². The molecule has 1 aliphatic heterocycles. The Morgan fingerprint density at radius 3 is 2.43 bits per heavy atom. The summed E-state index contributed by atoms with van der Waals surface area (Å²) in [7, 11) is 1.56. The molecular formula is C40H51ClN6O8S. The molecule has 3 aliphatic carbocycles. The maximum absolute atomic E-state index is 14.7. The maximum Gasteiger partial charge on any atom is 0.408 e. The topological polar surface area (TPSA) is 181 Å². The fourth-order valence-electron chi connectivity index (χ4n) is 8.31. The molecule has 2 aromatic heterocycles. The van der Waals surface area contributed by atoms with Crippen molar-refractivity contribution in [3.8, 4) is 22.9 Å². The van der Waals surface area contributed by atoms with Crippen LogP contribution in [-0.2, 0) is 19.1 Å². The Labute approximate surface area is 335 Å². The van der Waals surface area contributed by atoms with Gasteiger partial charge in [0, 0.05) is 30.0 Å². The Balaban J connectivity index is 1.20. The van der Waals surface area contributed by atoms with Crippen molar-refractivity contribution >= 4 is 62.8 Å². The molecule has 0 radical (unpaired) electrons.